The molecule has 1 aromatic rings. The van der Waals surface area contributed by atoms with Crippen molar-refractivity contribution in [2.75, 3.05) is 0 Å². The minimum absolute atomic E-state index is 0.0527. The molecule has 0 fully saturated rings. The number of aromatic amines is 1. The normalized spacial score (nSPS) is 18.7. The number of halogens is 2. The van der Waals surface area contributed by atoms with Gasteiger partial charge in [0.2, 0.25) is 5.56 Å². The first kappa shape index (κ1) is 23.1. The van der Waals surface area contributed by atoms with Crippen LogP contribution in [0.15, 0.2) is 55.2 Å². The third kappa shape index (κ3) is 5.66. The number of carboxylic acids is 1. The number of aromatic nitrogens is 1. The van der Waals surface area contributed by atoms with Gasteiger partial charge in [-0.05, 0) is 95.7 Å². The number of allylic oxidation sites excluding steroid dienone is 7. The number of rotatable bonds is 6. The minimum Gasteiger partial charge on any atom is -0.479 e. The number of carbonyl (C=O) groups is 1. The topological polar surface area (TPSA) is 116 Å². The number of aliphatic hydroxyl groups excluding tert-OH is 1. The molecule has 0 bridgehead atoms. The molecular formula is C21H24FIN2O4. The molecule has 0 radical (unpaired) electrons. The minimum atomic E-state index is -1.82. The van der Waals surface area contributed by atoms with Gasteiger partial charge in [0.15, 0.2) is 6.10 Å². The van der Waals surface area contributed by atoms with Crippen LogP contribution in [0, 0.1) is 0 Å². The first-order valence-corrected chi connectivity index (χ1v) is 10.3. The lowest BCUT2D eigenvalue weighted by Crippen LogP contribution is -2.17. The van der Waals surface area contributed by atoms with E-state index >= 15 is 0 Å². The van der Waals surface area contributed by atoms with Crippen LogP contribution in [0.4, 0.5) is 4.39 Å². The second-order valence-electron chi connectivity index (χ2n) is 6.79. The molecule has 29 heavy (non-hydrogen) atoms. The van der Waals surface area contributed by atoms with Gasteiger partial charge >= 0.3 is 5.97 Å². The molecule has 1 aromatic heterocycles. The monoisotopic (exact) mass is 514 g/mol. The van der Waals surface area contributed by atoms with Crippen LogP contribution in [0.25, 0.3) is 5.70 Å². The Morgan fingerprint density at radius 2 is 2.10 bits per heavy atom. The van der Waals surface area contributed by atoms with E-state index in [2.05, 4.69) is 27.6 Å². The summed E-state index contributed by atoms with van der Waals surface area (Å²) in [6.07, 6.45) is 4.41. The molecular weight excluding hydrogens is 490 g/mol. The molecule has 0 saturated heterocycles. The summed E-state index contributed by atoms with van der Waals surface area (Å²) in [7, 11) is 0. The van der Waals surface area contributed by atoms with E-state index in [1.54, 1.807) is 19.1 Å². The Morgan fingerprint density at radius 3 is 2.72 bits per heavy atom. The maximum absolute atomic E-state index is 14.3. The molecule has 156 valence electrons. The predicted octanol–water partition coefficient (Wildman–Crippen LogP) is 4.25. The van der Waals surface area contributed by atoms with Crippen molar-refractivity contribution in [3.63, 3.8) is 0 Å². The van der Waals surface area contributed by atoms with Crippen LogP contribution in [0.3, 0.4) is 0 Å². The Hall–Kier alpha value is -2.20. The summed E-state index contributed by atoms with van der Waals surface area (Å²) in [5, 5.41) is 18.7. The van der Waals surface area contributed by atoms with Gasteiger partial charge < -0.3 is 20.9 Å². The zero-order valence-electron chi connectivity index (χ0n) is 16.3. The van der Waals surface area contributed by atoms with Gasteiger partial charge in [-0.2, -0.15) is 0 Å². The molecule has 0 spiro atoms. The van der Waals surface area contributed by atoms with Crippen molar-refractivity contribution in [3.05, 3.63) is 72.0 Å². The lowest BCUT2D eigenvalue weighted by Gasteiger charge is -2.20. The lowest BCUT2D eigenvalue weighted by molar-refractivity contribution is -0.146. The number of nitrogens with one attached hydrogen (secondary N) is 1. The fourth-order valence-electron chi connectivity index (χ4n) is 3.12. The number of aliphatic carboxylic acids is 1. The van der Waals surface area contributed by atoms with E-state index in [1.807, 2.05) is 6.92 Å². The summed E-state index contributed by atoms with van der Waals surface area (Å²) in [4.78, 5) is 25.4. The standard InChI is InChI=1S/C21H24FIN2O4/c1-3-5-15(22)11(2)14-7-4-6-12(19(14)23)8-16(24)17-9-13(10-18(26)25-17)20(27)21(28)29/h5,8-10,20,27H,3-4,6-7,24H2,1-2H3,(H,25,26)(H,28,29)/b14-11-,15-5?,16-8-/t20-/m0/s1. The predicted molar refractivity (Wildman–Crippen MR) is 119 cm³/mol. The quantitative estimate of drug-likeness (QED) is 0.424. The second kappa shape index (κ2) is 10.0. The van der Waals surface area contributed by atoms with Crippen molar-refractivity contribution in [1.82, 2.24) is 4.98 Å². The molecule has 0 aromatic carbocycles. The lowest BCUT2D eigenvalue weighted by atomic mass is 9.91. The average Bonchev–Trinajstić information content (AvgIpc) is 2.68. The molecule has 8 heteroatoms. The van der Waals surface area contributed by atoms with E-state index < -0.39 is 17.6 Å². The van der Waals surface area contributed by atoms with E-state index in [9.17, 15) is 19.1 Å². The SMILES string of the molecule is CCC=C(F)/C(C)=C1/CCCC(/C=C(\N)c2cc([C@H](O)C(=O)O)cc(=O)[nH]2)=C1I. The molecule has 0 unspecified atom stereocenters. The Labute approximate surface area is 181 Å². The van der Waals surface area contributed by atoms with E-state index in [4.69, 9.17) is 10.8 Å². The molecule has 6 nitrogen and oxygen atoms in total. The number of hydrogen-bond acceptors (Lipinski definition) is 4. The smallest absolute Gasteiger partial charge is 0.337 e. The van der Waals surface area contributed by atoms with Gasteiger partial charge in [0, 0.05) is 9.65 Å². The van der Waals surface area contributed by atoms with Gasteiger partial charge in [-0.15, -0.1) is 0 Å². The number of hydrogen-bond donors (Lipinski definition) is 4. The highest BCUT2D eigenvalue weighted by Crippen LogP contribution is 2.39. The summed E-state index contributed by atoms with van der Waals surface area (Å²) in [5.41, 5.74) is 8.44. The summed E-state index contributed by atoms with van der Waals surface area (Å²) in [6, 6.07) is 2.36. The Balaban J connectivity index is 2.49. The van der Waals surface area contributed by atoms with Crippen LogP contribution in [0.2, 0.25) is 0 Å². The summed E-state index contributed by atoms with van der Waals surface area (Å²) in [5.74, 6) is -1.68. The molecule has 2 rings (SSSR count). The van der Waals surface area contributed by atoms with Gasteiger partial charge in [0.05, 0.1) is 11.4 Å². The van der Waals surface area contributed by atoms with Crippen LogP contribution < -0.4 is 11.3 Å². The summed E-state index contributed by atoms with van der Waals surface area (Å²) >= 11 is 2.18. The number of pyridine rings is 1. The average molecular weight is 514 g/mol. The number of carboxylic acid groups (broad SMARTS) is 1. The van der Waals surface area contributed by atoms with Gasteiger partial charge in [-0.25, -0.2) is 9.18 Å². The fourth-order valence-corrected chi connectivity index (χ4v) is 4.22. The van der Waals surface area contributed by atoms with Crippen LogP contribution >= 0.6 is 22.6 Å². The highest BCUT2D eigenvalue weighted by molar-refractivity contribution is 14.1. The molecule has 0 amide bonds. The van der Waals surface area contributed by atoms with E-state index in [1.165, 1.54) is 6.07 Å². The Morgan fingerprint density at radius 1 is 1.41 bits per heavy atom. The van der Waals surface area contributed by atoms with E-state index in [0.717, 1.165) is 40.1 Å². The van der Waals surface area contributed by atoms with Crippen LogP contribution in [-0.4, -0.2) is 21.2 Å². The molecule has 1 aliphatic rings. The summed E-state index contributed by atoms with van der Waals surface area (Å²) < 4.78 is 15.2. The third-order valence-corrected chi connectivity index (χ3v) is 6.01. The van der Waals surface area contributed by atoms with Gasteiger partial charge in [0.25, 0.3) is 0 Å². The van der Waals surface area contributed by atoms with Crippen molar-refractivity contribution in [2.45, 2.75) is 45.6 Å². The molecule has 0 saturated carbocycles. The third-order valence-electron chi connectivity index (χ3n) is 4.67. The van der Waals surface area contributed by atoms with Gasteiger partial charge in [-0.3, -0.25) is 4.79 Å². The van der Waals surface area contributed by atoms with Crippen molar-refractivity contribution < 1.29 is 19.4 Å². The Kier molecular flexibility index (Phi) is 7.97. The zero-order valence-corrected chi connectivity index (χ0v) is 18.4. The van der Waals surface area contributed by atoms with E-state index in [0.29, 0.717) is 12.0 Å². The van der Waals surface area contributed by atoms with E-state index in [-0.39, 0.29) is 22.8 Å². The van der Waals surface area contributed by atoms with Gasteiger partial charge in [0.1, 0.15) is 5.83 Å². The van der Waals surface area contributed by atoms with Crippen molar-refractivity contribution >= 4 is 34.3 Å². The Bertz CT molecular complexity index is 989. The molecule has 1 heterocycles. The maximum atomic E-state index is 14.3. The fraction of sp³-hybridized carbons (Fsp3) is 0.333. The van der Waals surface area contributed by atoms with Crippen molar-refractivity contribution in [2.24, 2.45) is 5.73 Å². The highest BCUT2D eigenvalue weighted by atomic mass is 127. The number of nitrogens with two attached hydrogens (primary N) is 1. The first-order chi connectivity index (χ1) is 13.6. The largest absolute Gasteiger partial charge is 0.479 e. The second-order valence-corrected chi connectivity index (χ2v) is 7.87. The highest BCUT2D eigenvalue weighted by Gasteiger charge is 2.20. The molecule has 0 aliphatic heterocycles. The molecule has 5 N–H and O–H groups in total. The maximum Gasteiger partial charge on any atom is 0.337 e. The van der Waals surface area contributed by atoms with Crippen molar-refractivity contribution in [1.29, 1.82) is 0 Å². The first-order valence-electron chi connectivity index (χ1n) is 9.23. The number of aliphatic hydroxyl groups is 1. The van der Waals surface area contributed by atoms with Crippen LogP contribution in [-0.2, 0) is 4.79 Å². The van der Waals surface area contributed by atoms with Gasteiger partial charge in [-0.1, -0.05) is 6.92 Å². The van der Waals surface area contributed by atoms with Crippen molar-refractivity contribution in [3.8, 4) is 0 Å². The van der Waals surface area contributed by atoms with Crippen LogP contribution in [0.5, 0.6) is 0 Å². The number of H-pyrrole nitrogens is 1. The zero-order chi connectivity index (χ0) is 21.7. The summed E-state index contributed by atoms with van der Waals surface area (Å²) in [6.45, 7) is 3.64. The van der Waals surface area contributed by atoms with Crippen LogP contribution in [0.1, 0.15) is 56.9 Å². The molecule has 1 atom stereocenters. The molecule has 1 aliphatic carbocycles.